The average molecular weight is 695 g/mol. The number of carbonyl (C=O) groups is 2. The van der Waals surface area contributed by atoms with Crippen molar-refractivity contribution in [1.29, 1.82) is 0 Å². The van der Waals surface area contributed by atoms with Gasteiger partial charge >= 0.3 is 6.09 Å². The van der Waals surface area contributed by atoms with Crippen LogP contribution in [0.5, 0.6) is 5.75 Å². The van der Waals surface area contributed by atoms with Crippen LogP contribution in [0, 0.1) is 11.7 Å². The predicted octanol–water partition coefficient (Wildman–Crippen LogP) is 7.21. The fraction of sp³-hybridized carbons (Fsp3) is 0.450. The number of rotatable bonds is 8. The number of carbonyl (C=O) groups excluding carboxylic acids is 2. The van der Waals surface area contributed by atoms with Gasteiger partial charge in [0, 0.05) is 79.9 Å². The zero-order chi connectivity index (χ0) is 35.9. The molecule has 1 aromatic carbocycles. The first-order chi connectivity index (χ1) is 24.5. The Morgan fingerprint density at radius 3 is 2.47 bits per heavy atom. The van der Waals surface area contributed by atoms with Gasteiger partial charge in [-0.15, -0.1) is 0 Å². The standard InChI is InChI=1S/C40H47FN6O4/c1-6-27-22-42-12-11-32(27)33-19-30(38(48)45-16-14-44(15-17-45)37-35(50-5)21-31(41)23-43-37)18-29-20-34(47(36(29)33)24-26-9-10-26)28-8-7-13-46(25-28)39(49)51-40(2,3)4/h8,11-12,18-23,26H,6-7,9-10,13-17,24-25H2,1-5H3. The Morgan fingerprint density at radius 1 is 0.980 bits per heavy atom. The van der Waals surface area contributed by atoms with Gasteiger partial charge in [-0.1, -0.05) is 13.0 Å². The van der Waals surface area contributed by atoms with Crippen molar-refractivity contribution in [2.45, 2.75) is 65.5 Å². The fourth-order valence-corrected chi connectivity index (χ4v) is 7.25. The number of aromatic nitrogens is 3. The minimum Gasteiger partial charge on any atom is -0.493 e. The summed E-state index contributed by atoms with van der Waals surface area (Å²) >= 11 is 0. The van der Waals surface area contributed by atoms with Crippen LogP contribution < -0.4 is 9.64 Å². The lowest BCUT2D eigenvalue weighted by Crippen LogP contribution is -2.49. The normalized spacial score (nSPS) is 16.7. The van der Waals surface area contributed by atoms with Crippen LogP contribution in [0.2, 0.25) is 0 Å². The number of halogens is 1. The number of hydrogen-bond donors (Lipinski definition) is 0. The van der Waals surface area contributed by atoms with Gasteiger partial charge in [-0.05, 0) is 93.3 Å². The predicted molar refractivity (Wildman–Crippen MR) is 197 cm³/mol. The van der Waals surface area contributed by atoms with Gasteiger partial charge in [-0.2, -0.15) is 0 Å². The Kier molecular flexibility index (Phi) is 9.48. The molecule has 268 valence electrons. The van der Waals surface area contributed by atoms with E-state index in [9.17, 15) is 14.0 Å². The zero-order valence-electron chi connectivity index (χ0n) is 30.2. The van der Waals surface area contributed by atoms with E-state index < -0.39 is 11.4 Å². The number of amides is 2. The molecule has 1 saturated carbocycles. The maximum absolute atomic E-state index is 14.3. The molecule has 0 N–H and O–H groups in total. The zero-order valence-corrected chi connectivity index (χ0v) is 30.2. The van der Waals surface area contributed by atoms with E-state index in [0.29, 0.717) is 62.3 Å². The summed E-state index contributed by atoms with van der Waals surface area (Å²) < 4.78 is 27.4. The average Bonchev–Trinajstić information content (AvgIpc) is 3.88. The summed E-state index contributed by atoms with van der Waals surface area (Å²) in [6, 6.07) is 9.70. The Labute approximate surface area is 298 Å². The third-order valence-electron chi connectivity index (χ3n) is 9.97. The number of aryl methyl sites for hydroxylation is 1. The molecule has 1 saturated heterocycles. The molecule has 7 rings (SSSR count). The molecule has 0 atom stereocenters. The van der Waals surface area contributed by atoms with Crippen molar-refractivity contribution < 1.29 is 23.5 Å². The van der Waals surface area contributed by atoms with Crippen LogP contribution in [0.4, 0.5) is 15.0 Å². The second-order valence-electron chi connectivity index (χ2n) is 14.8. The van der Waals surface area contributed by atoms with E-state index in [1.165, 1.54) is 32.2 Å². The van der Waals surface area contributed by atoms with Gasteiger partial charge in [0.05, 0.1) is 25.4 Å². The molecule has 2 fully saturated rings. The summed E-state index contributed by atoms with van der Waals surface area (Å²) in [5.74, 6) is 1.06. The molecule has 0 bridgehead atoms. The maximum Gasteiger partial charge on any atom is 0.410 e. The van der Waals surface area contributed by atoms with Crippen molar-refractivity contribution in [2.75, 3.05) is 51.3 Å². The highest BCUT2D eigenvalue weighted by Crippen LogP contribution is 2.40. The van der Waals surface area contributed by atoms with E-state index in [1.54, 1.807) is 4.90 Å². The maximum atomic E-state index is 14.3. The number of benzene rings is 1. The largest absolute Gasteiger partial charge is 0.493 e. The number of methoxy groups -OCH3 is 1. The van der Waals surface area contributed by atoms with Crippen molar-refractivity contribution >= 4 is 34.3 Å². The number of nitrogens with zero attached hydrogens (tertiary/aromatic N) is 6. The Morgan fingerprint density at radius 2 is 1.76 bits per heavy atom. The third-order valence-corrected chi connectivity index (χ3v) is 9.97. The molecule has 3 aromatic heterocycles. The van der Waals surface area contributed by atoms with Crippen molar-refractivity contribution in [1.82, 2.24) is 24.3 Å². The quantitative estimate of drug-likeness (QED) is 0.193. The third kappa shape index (κ3) is 7.29. The van der Waals surface area contributed by atoms with Gasteiger partial charge in [0.25, 0.3) is 5.91 Å². The van der Waals surface area contributed by atoms with Gasteiger partial charge in [0.1, 0.15) is 11.4 Å². The molecule has 51 heavy (non-hydrogen) atoms. The van der Waals surface area contributed by atoms with E-state index in [1.807, 2.05) is 49.0 Å². The first-order valence-electron chi connectivity index (χ1n) is 18.0. The van der Waals surface area contributed by atoms with Crippen molar-refractivity contribution in [2.24, 2.45) is 5.92 Å². The monoisotopic (exact) mass is 694 g/mol. The van der Waals surface area contributed by atoms with Gasteiger partial charge in [0.2, 0.25) is 0 Å². The van der Waals surface area contributed by atoms with Crippen molar-refractivity contribution in [3.05, 3.63) is 77.6 Å². The molecule has 11 heteroatoms. The molecule has 0 unspecified atom stereocenters. The van der Waals surface area contributed by atoms with Gasteiger partial charge in [-0.3, -0.25) is 9.78 Å². The molecular formula is C40H47FN6O4. The molecule has 5 heterocycles. The summed E-state index contributed by atoms with van der Waals surface area (Å²) in [6.07, 6.45) is 10.8. The van der Waals surface area contributed by atoms with Crippen molar-refractivity contribution in [3.8, 4) is 16.9 Å². The highest BCUT2D eigenvalue weighted by molar-refractivity contribution is 6.05. The summed E-state index contributed by atoms with van der Waals surface area (Å²) in [4.78, 5) is 41.9. The molecule has 0 radical (unpaired) electrons. The van der Waals surface area contributed by atoms with Gasteiger partial charge < -0.3 is 28.7 Å². The molecule has 4 aromatic rings. The topological polar surface area (TPSA) is 93.0 Å². The molecule has 1 aliphatic carbocycles. The number of fused-ring (bicyclic) bond motifs is 1. The number of anilines is 1. The van der Waals surface area contributed by atoms with E-state index >= 15 is 0 Å². The number of piperazine rings is 1. The second-order valence-corrected chi connectivity index (χ2v) is 14.8. The Balaban J connectivity index is 1.26. The first-order valence-corrected chi connectivity index (χ1v) is 18.0. The van der Waals surface area contributed by atoms with E-state index in [4.69, 9.17) is 9.47 Å². The first kappa shape index (κ1) is 34.5. The minimum absolute atomic E-state index is 0.0339. The lowest BCUT2D eigenvalue weighted by molar-refractivity contribution is 0.0272. The summed E-state index contributed by atoms with van der Waals surface area (Å²) in [7, 11) is 1.51. The molecular weight excluding hydrogens is 647 g/mol. The van der Waals surface area contributed by atoms with E-state index in [2.05, 4.69) is 45.7 Å². The number of pyridine rings is 2. The highest BCUT2D eigenvalue weighted by Gasteiger charge is 2.31. The minimum atomic E-state index is -0.573. The van der Waals surface area contributed by atoms with E-state index in [0.717, 1.165) is 58.2 Å². The molecule has 3 aliphatic rings. The summed E-state index contributed by atoms with van der Waals surface area (Å²) in [6.45, 7) is 11.8. The van der Waals surface area contributed by atoms with E-state index in [-0.39, 0.29) is 12.0 Å². The molecule has 10 nitrogen and oxygen atoms in total. The smallest absolute Gasteiger partial charge is 0.410 e. The van der Waals surface area contributed by atoms with Crippen LogP contribution in [0.3, 0.4) is 0 Å². The van der Waals surface area contributed by atoms with Gasteiger partial charge in [0.15, 0.2) is 11.6 Å². The van der Waals surface area contributed by atoms with Crippen LogP contribution in [-0.2, 0) is 17.7 Å². The molecule has 2 amide bonds. The Hall–Kier alpha value is -4.93. The fourth-order valence-electron chi connectivity index (χ4n) is 7.25. The van der Waals surface area contributed by atoms with Crippen LogP contribution in [0.15, 0.2) is 55.0 Å². The second kappa shape index (κ2) is 14.0. The lowest BCUT2D eigenvalue weighted by atomic mass is 9.95. The molecule has 2 aliphatic heterocycles. The van der Waals surface area contributed by atoms with Crippen molar-refractivity contribution in [3.63, 3.8) is 0 Å². The highest BCUT2D eigenvalue weighted by atomic mass is 19.1. The number of hydrogen-bond acceptors (Lipinski definition) is 7. The summed E-state index contributed by atoms with van der Waals surface area (Å²) in [5.41, 5.74) is 6.53. The number of ether oxygens (including phenoxy) is 2. The molecule has 0 spiro atoms. The lowest BCUT2D eigenvalue weighted by Gasteiger charge is -2.36. The Bertz CT molecular complexity index is 1990. The van der Waals surface area contributed by atoms with Crippen LogP contribution in [0.25, 0.3) is 27.6 Å². The summed E-state index contributed by atoms with van der Waals surface area (Å²) in [5, 5.41) is 1.000. The van der Waals surface area contributed by atoms with Gasteiger partial charge in [-0.25, -0.2) is 14.2 Å². The van der Waals surface area contributed by atoms with Crippen LogP contribution >= 0.6 is 0 Å². The SMILES string of the molecule is CCc1cnccc1-c1cc(C(=O)N2CCN(c3ncc(F)cc3OC)CC2)cc2cc(C3=CCCN(C(=O)OC(C)(C)C)C3)n(CC3CC3)c12. The van der Waals surface area contributed by atoms with Crippen LogP contribution in [0.1, 0.15) is 68.6 Å². The van der Waals surface area contributed by atoms with Crippen LogP contribution in [-0.4, -0.2) is 88.3 Å².